The Morgan fingerprint density at radius 3 is 3.04 bits per heavy atom. The van der Waals surface area contributed by atoms with Crippen LogP contribution >= 0.6 is 11.8 Å². The Bertz CT molecular complexity index is 800. The molecule has 0 unspecified atom stereocenters. The normalized spacial score (nSPS) is 17.1. The zero-order chi connectivity index (χ0) is 17.6. The Morgan fingerprint density at radius 1 is 1.44 bits per heavy atom. The minimum absolute atomic E-state index is 0.0360. The van der Waals surface area contributed by atoms with Crippen molar-refractivity contribution in [3.8, 4) is 0 Å². The molecule has 0 aliphatic carbocycles. The van der Waals surface area contributed by atoms with Crippen molar-refractivity contribution in [3.05, 3.63) is 34.6 Å². The van der Waals surface area contributed by atoms with Gasteiger partial charge in [0.15, 0.2) is 5.16 Å². The summed E-state index contributed by atoms with van der Waals surface area (Å²) >= 11 is 1.30. The highest BCUT2D eigenvalue weighted by molar-refractivity contribution is 7.99. The van der Waals surface area contributed by atoms with Crippen molar-refractivity contribution in [2.24, 2.45) is 0 Å². The van der Waals surface area contributed by atoms with E-state index in [4.69, 9.17) is 4.74 Å². The summed E-state index contributed by atoms with van der Waals surface area (Å²) in [4.78, 5) is 29.4. The molecule has 1 saturated heterocycles. The SMILES string of the molecule is CCCNC(=O)CSc1nc2ccccc2c(=O)n1C[C@@H]1CCCO1. The number of para-hydroxylation sites is 1. The van der Waals surface area contributed by atoms with Crippen molar-refractivity contribution in [2.75, 3.05) is 18.9 Å². The molecule has 6 nitrogen and oxygen atoms in total. The quantitative estimate of drug-likeness (QED) is 0.604. The Kier molecular flexibility index (Phi) is 6.09. The summed E-state index contributed by atoms with van der Waals surface area (Å²) in [6.07, 6.45) is 2.89. The van der Waals surface area contributed by atoms with Crippen LogP contribution < -0.4 is 10.9 Å². The number of benzene rings is 1. The largest absolute Gasteiger partial charge is 0.376 e. The predicted octanol–water partition coefficient (Wildman–Crippen LogP) is 2.19. The van der Waals surface area contributed by atoms with Gasteiger partial charge in [-0.25, -0.2) is 4.98 Å². The number of nitrogens with zero attached hydrogens (tertiary/aromatic N) is 2. The number of amides is 1. The molecule has 2 heterocycles. The number of fused-ring (bicyclic) bond motifs is 1. The van der Waals surface area contributed by atoms with Gasteiger partial charge in [0.2, 0.25) is 5.91 Å². The predicted molar refractivity (Wildman–Crippen MR) is 99.0 cm³/mol. The summed E-state index contributed by atoms with van der Waals surface area (Å²) in [5.74, 6) is 0.203. The molecule has 0 bridgehead atoms. The molecular weight excluding hydrogens is 338 g/mol. The number of rotatable bonds is 7. The number of aromatic nitrogens is 2. The third-order valence-corrected chi connectivity index (χ3v) is 5.12. The topological polar surface area (TPSA) is 73.2 Å². The fourth-order valence-electron chi connectivity index (χ4n) is 2.86. The number of hydrogen-bond donors (Lipinski definition) is 1. The van der Waals surface area contributed by atoms with E-state index in [2.05, 4.69) is 10.3 Å². The van der Waals surface area contributed by atoms with E-state index in [-0.39, 0.29) is 23.3 Å². The molecule has 0 saturated carbocycles. The average Bonchev–Trinajstić information content (AvgIpc) is 3.14. The Hall–Kier alpha value is -1.86. The minimum Gasteiger partial charge on any atom is -0.376 e. The van der Waals surface area contributed by atoms with Gasteiger partial charge in [-0.2, -0.15) is 0 Å². The van der Waals surface area contributed by atoms with Crippen LogP contribution in [0.5, 0.6) is 0 Å². The van der Waals surface area contributed by atoms with Crippen LogP contribution in [-0.4, -0.2) is 40.5 Å². The van der Waals surface area contributed by atoms with Crippen molar-refractivity contribution in [1.82, 2.24) is 14.9 Å². The fourth-order valence-corrected chi connectivity index (χ4v) is 3.69. The van der Waals surface area contributed by atoms with E-state index in [1.807, 2.05) is 25.1 Å². The molecule has 2 aromatic rings. The van der Waals surface area contributed by atoms with Gasteiger partial charge in [-0.3, -0.25) is 14.2 Å². The summed E-state index contributed by atoms with van der Waals surface area (Å²) in [6, 6.07) is 7.32. The molecule has 1 atom stereocenters. The second-order valence-corrected chi connectivity index (χ2v) is 7.04. The highest BCUT2D eigenvalue weighted by Gasteiger charge is 2.20. The summed E-state index contributed by atoms with van der Waals surface area (Å²) in [6.45, 7) is 3.89. The van der Waals surface area contributed by atoms with Gasteiger partial charge in [0.1, 0.15) is 0 Å². The number of carbonyl (C=O) groups excluding carboxylic acids is 1. The Balaban J connectivity index is 1.88. The first-order valence-corrected chi connectivity index (χ1v) is 9.68. The molecule has 1 aromatic heterocycles. The molecular formula is C18H23N3O3S. The second-order valence-electron chi connectivity index (χ2n) is 6.10. The maximum absolute atomic E-state index is 12.9. The lowest BCUT2D eigenvalue weighted by molar-refractivity contribution is -0.118. The van der Waals surface area contributed by atoms with Crippen LogP contribution in [0.1, 0.15) is 26.2 Å². The van der Waals surface area contributed by atoms with E-state index in [1.165, 1.54) is 11.8 Å². The van der Waals surface area contributed by atoms with Crippen LogP contribution in [0.15, 0.2) is 34.2 Å². The van der Waals surface area contributed by atoms with Crippen molar-refractivity contribution in [2.45, 2.75) is 44.0 Å². The molecule has 0 radical (unpaired) electrons. The summed E-state index contributed by atoms with van der Waals surface area (Å²) in [5, 5.41) is 4.02. The van der Waals surface area contributed by atoms with Crippen molar-refractivity contribution >= 4 is 28.6 Å². The van der Waals surface area contributed by atoms with Crippen LogP contribution in [0, 0.1) is 0 Å². The third kappa shape index (κ3) is 4.41. The first-order chi connectivity index (χ1) is 12.2. The second kappa shape index (κ2) is 8.49. The van der Waals surface area contributed by atoms with E-state index >= 15 is 0 Å². The van der Waals surface area contributed by atoms with E-state index in [0.29, 0.717) is 29.1 Å². The van der Waals surface area contributed by atoms with Gasteiger partial charge in [-0.1, -0.05) is 30.8 Å². The van der Waals surface area contributed by atoms with Crippen LogP contribution in [-0.2, 0) is 16.1 Å². The monoisotopic (exact) mass is 361 g/mol. The molecule has 3 rings (SSSR count). The molecule has 1 aliphatic rings. The van der Waals surface area contributed by atoms with Gasteiger partial charge in [0, 0.05) is 13.2 Å². The van der Waals surface area contributed by atoms with E-state index < -0.39 is 0 Å². The number of thioether (sulfide) groups is 1. The van der Waals surface area contributed by atoms with Gasteiger partial charge in [-0.05, 0) is 31.4 Å². The summed E-state index contributed by atoms with van der Waals surface area (Å²) in [5.41, 5.74) is 0.588. The number of hydrogen-bond acceptors (Lipinski definition) is 5. The summed E-state index contributed by atoms with van der Waals surface area (Å²) in [7, 11) is 0. The van der Waals surface area contributed by atoms with E-state index in [0.717, 1.165) is 25.9 Å². The number of ether oxygens (including phenoxy) is 1. The van der Waals surface area contributed by atoms with Crippen molar-refractivity contribution in [3.63, 3.8) is 0 Å². The lowest BCUT2D eigenvalue weighted by Gasteiger charge is -2.16. The van der Waals surface area contributed by atoms with E-state index in [1.54, 1.807) is 10.6 Å². The molecule has 1 amide bonds. The Labute approximate surface area is 151 Å². The molecule has 7 heteroatoms. The van der Waals surface area contributed by atoms with Gasteiger partial charge in [0.05, 0.1) is 29.3 Å². The molecule has 1 fully saturated rings. The molecule has 1 aromatic carbocycles. The standard InChI is InChI=1S/C18H23N3O3S/c1-2-9-19-16(22)12-25-18-20-15-8-4-3-7-14(15)17(23)21(18)11-13-6-5-10-24-13/h3-4,7-8,13H,2,5-6,9-12H2,1H3,(H,19,22)/t13-/m0/s1. The lowest BCUT2D eigenvalue weighted by Crippen LogP contribution is -2.30. The molecule has 25 heavy (non-hydrogen) atoms. The molecule has 0 spiro atoms. The Morgan fingerprint density at radius 2 is 2.28 bits per heavy atom. The van der Waals surface area contributed by atoms with E-state index in [9.17, 15) is 9.59 Å². The average molecular weight is 361 g/mol. The molecule has 1 aliphatic heterocycles. The van der Waals surface area contributed by atoms with Gasteiger partial charge >= 0.3 is 0 Å². The van der Waals surface area contributed by atoms with Gasteiger partial charge in [-0.15, -0.1) is 0 Å². The first-order valence-electron chi connectivity index (χ1n) is 8.69. The number of nitrogens with one attached hydrogen (secondary N) is 1. The van der Waals surface area contributed by atoms with Crippen LogP contribution in [0.3, 0.4) is 0 Å². The smallest absolute Gasteiger partial charge is 0.262 e. The van der Waals surface area contributed by atoms with Crippen LogP contribution in [0.4, 0.5) is 0 Å². The molecule has 134 valence electrons. The highest BCUT2D eigenvalue weighted by Crippen LogP contribution is 2.20. The van der Waals surface area contributed by atoms with Crippen LogP contribution in [0.25, 0.3) is 10.9 Å². The zero-order valence-electron chi connectivity index (χ0n) is 14.4. The van der Waals surface area contributed by atoms with Crippen molar-refractivity contribution in [1.29, 1.82) is 0 Å². The summed E-state index contributed by atoms with van der Waals surface area (Å²) < 4.78 is 7.34. The van der Waals surface area contributed by atoms with Crippen LogP contribution in [0.2, 0.25) is 0 Å². The van der Waals surface area contributed by atoms with Gasteiger partial charge in [0.25, 0.3) is 5.56 Å². The van der Waals surface area contributed by atoms with Crippen molar-refractivity contribution < 1.29 is 9.53 Å². The maximum atomic E-state index is 12.9. The first kappa shape index (κ1) is 17.9. The highest BCUT2D eigenvalue weighted by atomic mass is 32.2. The molecule has 1 N–H and O–H groups in total. The number of carbonyl (C=O) groups is 1. The van der Waals surface area contributed by atoms with Gasteiger partial charge < -0.3 is 10.1 Å². The minimum atomic E-state index is -0.0717. The lowest BCUT2D eigenvalue weighted by atomic mass is 10.2. The fraction of sp³-hybridized carbons (Fsp3) is 0.500. The maximum Gasteiger partial charge on any atom is 0.262 e. The third-order valence-electron chi connectivity index (χ3n) is 4.14. The zero-order valence-corrected chi connectivity index (χ0v) is 15.2.